The van der Waals surface area contributed by atoms with Crippen LogP contribution >= 0.6 is 27.3 Å². The number of nitro benzene ring substituents is 1. The van der Waals surface area contributed by atoms with E-state index < -0.39 is 4.92 Å². The second-order valence-corrected chi connectivity index (χ2v) is 5.67. The Labute approximate surface area is 117 Å². The summed E-state index contributed by atoms with van der Waals surface area (Å²) in [6.07, 6.45) is 0.664. The molecule has 0 saturated carbocycles. The van der Waals surface area contributed by atoms with E-state index in [9.17, 15) is 10.1 Å². The zero-order chi connectivity index (χ0) is 13.1. The van der Waals surface area contributed by atoms with Crippen LogP contribution in [0, 0.1) is 10.1 Å². The number of benzene rings is 1. The van der Waals surface area contributed by atoms with Crippen LogP contribution in [0.3, 0.4) is 0 Å². The highest BCUT2D eigenvalue weighted by molar-refractivity contribution is 9.10. The lowest BCUT2D eigenvalue weighted by atomic mass is 10.1. The minimum atomic E-state index is -0.403. The normalized spacial score (nSPS) is 12.3. The highest BCUT2D eigenvalue weighted by atomic mass is 79.9. The fraction of sp³-hybridized carbons (Fsp3) is 0.167. The van der Waals surface area contributed by atoms with Crippen LogP contribution in [-0.2, 0) is 6.42 Å². The molecule has 0 aliphatic heterocycles. The first kappa shape index (κ1) is 13.2. The zero-order valence-electron chi connectivity index (χ0n) is 9.38. The Hall–Kier alpha value is -1.24. The molecule has 18 heavy (non-hydrogen) atoms. The molecule has 2 N–H and O–H groups in total. The van der Waals surface area contributed by atoms with Crippen LogP contribution in [-0.4, -0.2) is 4.92 Å². The molecule has 4 nitrogen and oxygen atoms in total. The van der Waals surface area contributed by atoms with Gasteiger partial charge < -0.3 is 5.73 Å². The first-order valence-corrected chi connectivity index (χ1v) is 6.97. The molecule has 2 rings (SSSR count). The topological polar surface area (TPSA) is 69.2 Å². The molecule has 2 aromatic rings. The minimum Gasteiger partial charge on any atom is -0.323 e. The van der Waals surface area contributed by atoms with Gasteiger partial charge in [-0.15, -0.1) is 11.3 Å². The lowest BCUT2D eigenvalue weighted by molar-refractivity contribution is -0.384. The molecule has 0 saturated heterocycles. The van der Waals surface area contributed by atoms with Crippen molar-refractivity contribution in [3.8, 4) is 0 Å². The molecule has 0 aliphatic carbocycles. The SMILES string of the molecule is NC(Cc1ccc([N+](=O)[O-])cc1)c1sccc1Br. The Morgan fingerprint density at radius 2 is 2.00 bits per heavy atom. The van der Waals surface area contributed by atoms with E-state index in [1.54, 1.807) is 23.5 Å². The molecule has 94 valence electrons. The molecule has 0 bridgehead atoms. The molecule has 1 unspecified atom stereocenters. The van der Waals surface area contributed by atoms with Gasteiger partial charge in [0.1, 0.15) is 0 Å². The number of hydrogen-bond acceptors (Lipinski definition) is 4. The van der Waals surface area contributed by atoms with Crippen molar-refractivity contribution >= 4 is 33.0 Å². The van der Waals surface area contributed by atoms with Crippen LogP contribution in [0.25, 0.3) is 0 Å². The molecule has 6 heteroatoms. The van der Waals surface area contributed by atoms with Crippen molar-refractivity contribution in [3.05, 3.63) is 60.7 Å². The summed E-state index contributed by atoms with van der Waals surface area (Å²) in [5, 5.41) is 12.5. The molecule has 0 radical (unpaired) electrons. The van der Waals surface area contributed by atoms with Crippen LogP contribution < -0.4 is 5.73 Å². The average molecular weight is 327 g/mol. The summed E-state index contributed by atoms with van der Waals surface area (Å²) in [4.78, 5) is 11.2. The molecular formula is C12H11BrN2O2S. The first-order valence-electron chi connectivity index (χ1n) is 5.29. The lowest BCUT2D eigenvalue weighted by Gasteiger charge is -2.10. The molecule has 0 fully saturated rings. The monoisotopic (exact) mass is 326 g/mol. The van der Waals surface area contributed by atoms with Crippen LogP contribution in [0.1, 0.15) is 16.5 Å². The number of nitrogens with zero attached hydrogens (tertiary/aromatic N) is 1. The first-order chi connectivity index (χ1) is 8.58. The Morgan fingerprint density at radius 3 is 2.50 bits per heavy atom. The van der Waals surface area contributed by atoms with E-state index >= 15 is 0 Å². The fourth-order valence-corrected chi connectivity index (χ4v) is 3.34. The van der Waals surface area contributed by atoms with Crippen molar-refractivity contribution < 1.29 is 4.92 Å². The maximum absolute atomic E-state index is 10.5. The van der Waals surface area contributed by atoms with E-state index in [0.717, 1.165) is 14.9 Å². The molecular weight excluding hydrogens is 316 g/mol. The van der Waals surface area contributed by atoms with Gasteiger partial charge in [0.05, 0.1) is 4.92 Å². The summed E-state index contributed by atoms with van der Waals surface area (Å²) < 4.78 is 1.02. The third kappa shape index (κ3) is 2.95. The van der Waals surface area contributed by atoms with E-state index in [4.69, 9.17) is 5.73 Å². The predicted molar refractivity (Wildman–Crippen MR) is 75.7 cm³/mol. The number of nitrogens with two attached hydrogens (primary N) is 1. The zero-order valence-corrected chi connectivity index (χ0v) is 11.8. The summed E-state index contributed by atoms with van der Waals surface area (Å²) in [6.45, 7) is 0. The van der Waals surface area contributed by atoms with E-state index in [2.05, 4.69) is 15.9 Å². The maximum Gasteiger partial charge on any atom is 0.269 e. The summed E-state index contributed by atoms with van der Waals surface area (Å²) in [7, 11) is 0. The second kappa shape index (κ2) is 5.60. The Kier molecular flexibility index (Phi) is 4.11. The van der Waals surface area contributed by atoms with Gasteiger partial charge in [-0.25, -0.2) is 0 Å². The van der Waals surface area contributed by atoms with Crippen LogP contribution in [0.5, 0.6) is 0 Å². The van der Waals surface area contributed by atoms with Crippen LogP contribution in [0.2, 0.25) is 0 Å². The van der Waals surface area contributed by atoms with Gasteiger partial charge in [-0.05, 0) is 39.4 Å². The molecule has 0 aliphatic rings. The van der Waals surface area contributed by atoms with Crippen molar-refractivity contribution in [1.29, 1.82) is 0 Å². The van der Waals surface area contributed by atoms with Gasteiger partial charge in [0, 0.05) is 27.5 Å². The molecule has 0 amide bonds. The third-order valence-electron chi connectivity index (χ3n) is 2.58. The third-order valence-corrected chi connectivity index (χ3v) is 4.59. The molecule has 1 heterocycles. The number of thiophene rings is 1. The molecule has 1 aromatic heterocycles. The van der Waals surface area contributed by atoms with Gasteiger partial charge in [-0.2, -0.15) is 0 Å². The largest absolute Gasteiger partial charge is 0.323 e. The van der Waals surface area contributed by atoms with Gasteiger partial charge in [0.2, 0.25) is 0 Å². The van der Waals surface area contributed by atoms with E-state index in [1.165, 1.54) is 12.1 Å². The van der Waals surface area contributed by atoms with Crippen molar-refractivity contribution in [2.45, 2.75) is 12.5 Å². The summed E-state index contributed by atoms with van der Waals surface area (Å²) in [5.74, 6) is 0. The van der Waals surface area contributed by atoms with E-state index in [1.807, 2.05) is 11.4 Å². The van der Waals surface area contributed by atoms with Gasteiger partial charge in [0.15, 0.2) is 0 Å². The van der Waals surface area contributed by atoms with Crippen molar-refractivity contribution in [2.75, 3.05) is 0 Å². The van der Waals surface area contributed by atoms with E-state index in [0.29, 0.717) is 6.42 Å². The van der Waals surface area contributed by atoms with Crippen molar-refractivity contribution in [2.24, 2.45) is 5.73 Å². The summed E-state index contributed by atoms with van der Waals surface area (Å²) in [5.41, 5.74) is 7.21. The van der Waals surface area contributed by atoms with Crippen LogP contribution in [0.4, 0.5) is 5.69 Å². The van der Waals surface area contributed by atoms with Crippen molar-refractivity contribution in [3.63, 3.8) is 0 Å². The number of rotatable bonds is 4. The highest BCUT2D eigenvalue weighted by Crippen LogP contribution is 2.29. The highest BCUT2D eigenvalue weighted by Gasteiger charge is 2.13. The number of hydrogen-bond donors (Lipinski definition) is 1. The standard InChI is InChI=1S/C12H11BrN2O2S/c13-10-5-6-18-12(10)11(14)7-8-1-3-9(4-2-8)15(16)17/h1-6,11H,7,14H2. The second-order valence-electron chi connectivity index (χ2n) is 3.87. The summed E-state index contributed by atoms with van der Waals surface area (Å²) in [6, 6.07) is 8.38. The summed E-state index contributed by atoms with van der Waals surface area (Å²) >= 11 is 5.06. The van der Waals surface area contributed by atoms with Gasteiger partial charge in [-0.1, -0.05) is 12.1 Å². The molecule has 1 aromatic carbocycles. The number of halogens is 1. The number of non-ortho nitro benzene ring substituents is 1. The fourth-order valence-electron chi connectivity index (χ4n) is 1.67. The van der Waals surface area contributed by atoms with Gasteiger partial charge >= 0.3 is 0 Å². The van der Waals surface area contributed by atoms with Crippen LogP contribution in [0.15, 0.2) is 40.2 Å². The average Bonchev–Trinajstić information content (AvgIpc) is 2.76. The van der Waals surface area contributed by atoms with Gasteiger partial charge in [0.25, 0.3) is 5.69 Å². The lowest BCUT2D eigenvalue weighted by Crippen LogP contribution is -2.12. The van der Waals surface area contributed by atoms with Gasteiger partial charge in [-0.3, -0.25) is 10.1 Å². The minimum absolute atomic E-state index is 0.0965. The van der Waals surface area contributed by atoms with E-state index in [-0.39, 0.29) is 11.7 Å². The Balaban J connectivity index is 2.10. The molecule has 1 atom stereocenters. The molecule has 0 spiro atoms. The van der Waals surface area contributed by atoms with Crippen molar-refractivity contribution in [1.82, 2.24) is 0 Å². The number of nitro groups is 1. The quantitative estimate of drug-likeness (QED) is 0.688. The smallest absolute Gasteiger partial charge is 0.269 e. The Bertz CT molecular complexity index is 553. The Morgan fingerprint density at radius 1 is 1.33 bits per heavy atom. The maximum atomic E-state index is 10.5. The predicted octanol–water partition coefficient (Wildman–Crippen LogP) is 3.66.